The molecule has 2 rings (SSSR count). The first-order valence-corrected chi connectivity index (χ1v) is 6.20. The molecule has 2 aromatic rings. The van der Waals surface area contributed by atoms with Gasteiger partial charge in [-0.15, -0.1) is 0 Å². The maximum Gasteiger partial charge on any atom is 0.277 e. The van der Waals surface area contributed by atoms with Crippen LogP contribution in [0, 0.1) is 27.2 Å². The van der Waals surface area contributed by atoms with Gasteiger partial charge in [0, 0.05) is 12.1 Å². The molecule has 0 bridgehead atoms. The molecule has 0 spiro atoms. The van der Waals surface area contributed by atoms with Crippen LogP contribution in [0.2, 0.25) is 0 Å². The number of benzene rings is 1. The number of non-ortho nitro benzene ring substituents is 2. The maximum absolute atomic E-state index is 11.9. The predicted molar refractivity (Wildman–Crippen MR) is 78.3 cm³/mol. The quantitative estimate of drug-likeness (QED) is 0.508. The highest BCUT2D eigenvalue weighted by molar-refractivity contribution is 5.96. The zero-order valence-electron chi connectivity index (χ0n) is 11.8. The van der Waals surface area contributed by atoms with Gasteiger partial charge in [0.1, 0.15) is 11.5 Å². The Morgan fingerprint density at radius 1 is 1.17 bits per heavy atom. The van der Waals surface area contributed by atoms with Gasteiger partial charge < -0.3 is 4.42 Å². The average molecular weight is 318 g/mol. The molecule has 1 amide bonds. The van der Waals surface area contributed by atoms with E-state index in [1.54, 1.807) is 19.1 Å². The highest BCUT2D eigenvalue weighted by Gasteiger charge is 2.19. The summed E-state index contributed by atoms with van der Waals surface area (Å²) in [6, 6.07) is 5.95. The van der Waals surface area contributed by atoms with Gasteiger partial charge in [0.05, 0.1) is 27.7 Å². The molecule has 10 heteroatoms. The molecule has 1 heterocycles. The van der Waals surface area contributed by atoms with E-state index in [1.807, 2.05) is 0 Å². The van der Waals surface area contributed by atoms with E-state index in [0.717, 1.165) is 18.2 Å². The number of hydrogen-bond acceptors (Lipinski definition) is 7. The summed E-state index contributed by atoms with van der Waals surface area (Å²) in [6.07, 6.45) is 1.23. The molecule has 0 radical (unpaired) electrons. The van der Waals surface area contributed by atoms with E-state index in [1.165, 1.54) is 6.21 Å². The van der Waals surface area contributed by atoms with Crippen LogP contribution in [0.3, 0.4) is 0 Å². The first-order valence-electron chi connectivity index (χ1n) is 6.20. The van der Waals surface area contributed by atoms with Crippen molar-refractivity contribution in [1.82, 2.24) is 5.43 Å². The van der Waals surface area contributed by atoms with Crippen molar-refractivity contribution >= 4 is 23.5 Å². The Labute approximate surface area is 128 Å². The number of amides is 1. The SMILES string of the molecule is Cc1ccc(/C=N\NC(=O)c2cc([N+](=O)[O-])cc([N+](=O)[O-])c2)o1. The van der Waals surface area contributed by atoms with Crippen molar-refractivity contribution in [3.63, 3.8) is 0 Å². The van der Waals surface area contributed by atoms with Gasteiger partial charge in [-0.25, -0.2) is 5.43 Å². The van der Waals surface area contributed by atoms with E-state index >= 15 is 0 Å². The molecule has 0 atom stereocenters. The van der Waals surface area contributed by atoms with Gasteiger partial charge in [0.2, 0.25) is 0 Å². The van der Waals surface area contributed by atoms with Crippen LogP contribution >= 0.6 is 0 Å². The van der Waals surface area contributed by atoms with Crippen molar-refractivity contribution in [2.75, 3.05) is 0 Å². The van der Waals surface area contributed by atoms with Crippen LogP contribution in [-0.2, 0) is 0 Å². The summed E-state index contributed by atoms with van der Waals surface area (Å²) in [5.74, 6) is 0.233. The monoisotopic (exact) mass is 318 g/mol. The number of nitro benzene ring substituents is 2. The lowest BCUT2D eigenvalue weighted by Crippen LogP contribution is -2.18. The van der Waals surface area contributed by atoms with Gasteiger partial charge in [-0.2, -0.15) is 5.10 Å². The minimum Gasteiger partial charge on any atom is -0.460 e. The Morgan fingerprint density at radius 2 is 1.78 bits per heavy atom. The highest BCUT2D eigenvalue weighted by Crippen LogP contribution is 2.22. The number of rotatable bonds is 5. The van der Waals surface area contributed by atoms with Gasteiger partial charge in [-0.1, -0.05) is 0 Å². The van der Waals surface area contributed by atoms with Gasteiger partial charge in [-0.3, -0.25) is 25.0 Å². The third-order valence-corrected chi connectivity index (χ3v) is 2.71. The second-order valence-electron chi connectivity index (χ2n) is 4.40. The smallest absolute Gasteiger partial charge is 0.277 e. The Hall–Kier alpha value is -3.56. The van der Waals surface area contributed by atoms with Crippen LogP contribution in [0.4, 0.5) is 11.4 Å². The summed E-state index contributed by atoms with van der Waals surface area (Å²) in [6.45, 7) is 1.73. The second-order valence-corrected chi connectivity index (χ2v) is 4.40. The Kier molecular flexibility index (Phi) is 4.45. The molecule has 0 aliphatic rings. The minimum atomic E-state index is -0.823. The van der Waals surface area contributed by atoms with E-state index < -0.39 is 27.1 Å². The van der Waals surface area contributed by atoms with Gasteiger partial charge in [0.25, 0.3) is 17.3 Å². The van der Waals surface area contributed by atoms with Gasteiger partial charge in [0.15, 0.2) is 0 Å². The van der Waals surface area contributed by atoms with Crippen LogP contribution in [0.25, 0.3) is 0 Å². The van der Waals surface area contributed by atoms with Crippen molar-refractivity contribution in [2.45, 2.75) is 6.92 Å². The molecule has 0 saturated carbocycles. The lowest BCUT2D eigenvalue weighted by Gasteiger charge is -2.00. The molecule has 1 N–H and O–H groups in total. The molecule has 0 unspecified atom stereocenters. The van der Waals surface area contributed by atoms with Gasteiger partial charge in [-0.05, 0) is 19.1 Å². The van der Waals surface area contributed by atoms with Crippen LogP contribution in [0.1, 0.15) is 21.9 Å². The Balaban J connectivity index is 2.19. The second kappa shape index (κ2) is 6.47. The number of carbonyl (C=O) groups is 1. The molecule has 0 aliphatic carbocycles. The molecular weight excluding hydrogens is 308 g/mol. The van der Waals surface area contributed by atoms with Crippen molar-refractivity contribution in [3.05, 3.63) is 67.6 Å². The van der Waals surface area contributed by atoms with E-state index in [2.05, 4.69) is 10.5 Å². The van der Waals surface area contributed by atoms with Crippen molar-refractivity contribution < 1.29 is 19.1 Å². The standard InChI is InChI=1S/C13H10N4O6/c1-8-2-3-12(23-8)7-14-15-13(18)9-4-10(16(19)20)6-11(5-9)17(21)22/h2-7H,1H3,(H,15,18)/b14-7-. The molecule has 10 nitrogen and oxygen atoms in total. The van der Waals surface area contributed by atoms with Crippen molar-refractivity contribution in [3.8, 4) is 0 Å². The summed E-state index contributed by atoms with van der Waals surface area (Å²) < 4.78 is 5.19. The van der Waals surface area contributed by atoms with Crippen molar-refractivity contribution in [1.29, 1.82) is 0 Å². The number of carbonyl (C=O) groups excluding carboxylic acids is 1. The average Bonchev–Trinajstić information content (AvgIpc) is 2.92. The zero-order valence-corrected chi connectivity index (χ0v) is 11.8. The molecule has 0 fully saturated rings. The first-order chi connectivity index (χ1) is 10.9. The van der Waals surface area contributed by atoms with Crippen LogP contribution in [0.15, 0.2) is 39.9 Å². The largest absolute Gasteiger partial charge is 0.460 e. The fourth-order valence-corrected chi connectivity index (χ4v) is 1.68. The number of hydrazone groups is 1. The first kappa shape index (κ1) is 15.8. The molecule has 23 heavy (non-hydrogen) atoms. The van der Waals surface area contributed by atoms with Crippen LogP contribution in [-0.4, -0.2) is 22.0 Å². The van der Waals surface area contributed by atoms with Crippen LogP contribution in [0.5, 0.6) is 0 Å². The molecule has 1 aromatic carbocycles. The normalized spacial score (nSPS) is 10.7. The summed E-state index contributed by atoms with van der Waals surface area (Å²) in [7, 11) is 0. The summed E-state index contributed by atoms with van der Waals surface area (Å²) in [5.41, 5.74) is 0.743. The fourth-order valence-electron chi connectivity index (χ4n) is 1.68. The number of nitro groups is 2. The molecule has 1 aromatic heterocycles. The van der Waals surface area contributed by atoms with Gasteiger partial charge >= 0.3 is 0 Å². The summed E-state index contributed by atoms with van der Waals surface area (Å²) in [4.78, 5) is 31.8. The molecular formula is C13H10N4O6. The van der Waals surface area contributed by atoms with Crippen LogP contribution < -0.4 is 5.43 Å². The number of aryl methyl sites for hydroxylation is 1. The molecule has 0 saturated heterocycles. The van der Waals surface area contributed by atoms with E-state index in [-0.39, 0.29) is 5.56 Å². The Morgan fingerprint density at radius 3 is 2.26 bits per heavy atom. The third-order valence-electron chi connectivity index (χ3n) is 2.71. The number of nitrogens with zero attached hydrogens (tertiary/aromatic N) is 3. The highest BCUT2D eigenvalue weighted by atomic mass is 16.6. The fraction of sp³-hybridized carbons (Fsp3) is 0.0769. The molecule has 118 valence electrons. The third kappa shape index (κ3) is 3.97. The Bertz CT molecular complexity index is 778. The lowest BCUT2D eigenvalue weighted by atomic mass is 10.1. The minimum absolute atomic E-state index is 0.251. The number of hydrogen-bond donors (Lipinski definition) is 1. The van der Waals surface area contributed by atoms with E-state index in [4.69, 9.17) is 4.42 Å². The van der Waals surface area contributed by atoms with Crippen molar-refractivity contribution in [2.24, 2.45) is 5.10 Å². The summed E-state index contributed by atoms with van der Waals surface area (Å²) >= 11 is 0. The van der Waals surface area contributed by atoms with E-state index in [9.17, 15) is 25.0 Å². The number of nitrogens with one attached hydrogen (secondary N) is 1. The molecule has 0 aliphatic heterocycles. The number of furan rings is 1. The van der Waals surface area contributed by atoms with E-state index in [0.29, 0.717) is 11.5 Å². The zero-order chi connectivity index (χ0) is 17.0. The lowest BCUT2D eigenvalue weighted by molar-refractivity contribution is -0.394. The maximum atomic E-state index is 11.9. The topological polar surface area (TPSA) is 141 Å². The summed E-state index contributed by atoms with van der Waals surface area (Å²) in [5, 5.41) is 25.1. The predicted octanol–water partition coefficient (Wildman–Crippen LogP) is 2.17.